The summed E-state index contributed by atoms with van der Waals surface area (Å²) < 4.78 is 0. The Morgan fingerprint density at radius 1 is 1.75 bits per heavy atom. The fourth-order valence-electron chi connectivity index (χ4n) is 0.127. The molecule has 0 fully saturated rings. The van der Waals surface area contributed by atoms with Crippen molar-refractivity contribution in [3.63, 3.8) is 0 Å². The lowest BCUT2D eigenvalue weighted by molar-refractivity contribution is -0.129. The molecule has 46 valence electrons. The third kappa shape index (κ3) is 1.92. The van der Waals surface area contributed by atoms with Gasteiger partial charge in [0, 0.05) is 0 Å². The molecule has 4 nitrogen and oxygen atoms in total. The Kier molecular flexibility index (Phi) is 3.18. The molecule has 0 bridgehead atoms. The zero-order valence-electron chi connectivity index (χ0n) is 3.83. The van der Waals surface area contributed by atoms with Crippen molar-refractivity contribution in [1.82, 2.24) is 0 Å². The third-order valence-corrected chi connectivity index (χ3v) is 1.03. The van der Waals surface area contributed by atoms with Crippen molar-refractivity contribution in [2.75, 3.05) is 5.33 Å². The van der Waals surface area contributed by atoms with E-state index in [9.17, 15) is 4.79 Å². The number of hydrogen-bond donors (Lipinski definition) is 2. The number of alkyl halides is 1. The Morgan fingerprint density at radius 3 is 2.25 bits per heavy atom. The normalized spacial score (nSPS) is 11.4. The number of carbonyl (C=O) groups is 1. The molecule has 0 amide bonds. The molecule has 0 aromatic carbocycles. The summed E-state index contributed by atoms with van der Waals surface area (Å²) in [6, 6.07) is 0. The predicted octanol–water partition coefficient (Wildman–Crippen LogP) is 0.296. The molecule has 0 rings (SSSR count). The summed E-state index contributed by atoms with van der Waals surface area (Å²) in [6.45, 7) is 0. The van der Waals surface area contributed by atoms with Crippen LogP contribution in [0.25, 0.3) is 0 Å². The molecule has 0 saturated heterocycles. The smallest absolute Gasteiger partial charge is 0.354 e. The fraction of sp³-hybridized carbons (Fsp3) is 0.333. The van der Waals surface area contributed by atoms with Crippen molar-refractivity contribution in [1.29, 1.82) is 0 Å². The summed E-state index contributed by atoms with van der Waals surface area (Å²) in [5, 5.41) is 18.5. The van der Waals surface area contributed by atoms with Gasteiger partial charge in [-0.05, 0) is 0 Å². The first-order valence-corrected chi connectivity index (χ1v) is 2.84. The molecule has 0 radical (unpaired) electrons. The van der Waals surface area contributed by atoms with E-state index in [0.29, 0.717) is 0 Å². The van der Waals surface area contributed by atoms with E-state index < -0.39 is 5.97 Å². The van der Waals surface area contributed by atoms with Gasteiger partial charge in [0.25, 0.3) is 0 Å². The first-order chi connectivity index (χ1) is 3.72. The van der Waals surface area contributed by atoms with Crippen LogP contribution in [0.3, 0.4) is 0 Å². The Bertz CT molecular complexity index is 122. The molecule has 0 aromatic heterocycles. The fourth-order valence-corrected chi connectivity index (χ4v) is 0.479. The average molecular weight is 182 g/mol. The summed E-state index contributed by atoms with van der Waals surface area (Å²) in [5.41, 5.74) is -0.301. The van der Waals surface area contributed by atoms with Crippen molar-refractivity contribution in [3.05, 3.63) is 0 Å². The molecular formula is C3H4BrNO3. The standard InChI is InChI=1S/C3H4BrNO3/c4-1-2(5-8)3(6)7/h8H,1H2,(H,6,7). The zero-order valence-corrected chi connectivity index (χ0v) is 5.42. The van der Waals surface area contributed by atoms with Crippen LogP contribution in [-0.4, -0.2) is 27.3 Å². The molecule has 5 heteroatoms. The molecule has 0 aliphatic carbocycles. The number of rotatable bonds is 2. The van der Waals surface area contributed by atoms with E-state index in [1.165, 1.54) is 0 Å². The van der Waals surface area contributed by atoms with Crippen molar-refractivity contribution >= 4 is 27.6 Å². The lowest BCUT2D eigenvalue weighted by atomic mass is 10.4. The van der Waals surface area contributed by atoms with Gasteiger partial charge in [0.1, 0.15) is 0 Å². The van der Waals surface area contributed by atoms with Crippen LogP contribution in [0.2, 0.25) is 0 Å². The molecule has 0 aliphatic heterocycles. The summed E-state index contributed by atoms with van der Waals surface area (Å²) >= 11 is 2.80. The van der Waals surface area contributed by atoms with Crippen LogP contribution in [0.1, 0.15) is 0 Å². The second-order valence-electron chi connectivity index (χ2n) is 0.985. The third-order valence-electron chi connectivity index (χ3n) is 0.494. The van der Waals surface area contributed by atoms with Gasteiger partial charge in [0.2, 0.25) is 0 Å². The number of carboxylic acid groups (broad SMARTS) is 1. The van der Waals surface area contributed by atoms with E-state index >= 15 is 0 Å². The maximum atomic E-state index is 9.84. The number of halogens is 1. The highest BCUT2D eigenvalue weighted by Crippen LogP contribution is 1.84. The highest BCUT2D eigenvalue weighted by Gasteiger charge is 2.05. The minimum atomic E-state index is -1.22. The molecule has 0 heterocycles. The summed E-state index contributed by atoms with van der Waals surface area (Å²) in [6.07, 6.45) is 0. The Balaban J connectivity index is 3.92. The number of nitrogens with zero attached hydrogens (tertiary/aromatic N) is 1. The minimum absolute atomic E-state index is 0.0544. The monoisotopic (exact) mass is 181 g/mol. The molecule has 0 saturated carbocycles. The first kappa shape index (κ1) is 7.42. The second-order valence-corrected chi connectivity index (χ2v) is 1.55. The van der Waals surface area contributed by atoms with E-state index in [1.807, 2.05) is 0 Å². The van der Waals surface area contributed by atoms with E-state index in [2.05, 4.69) is 21.1 Å². The zero-order chi connectivity index (χ0) is 6.57. The highest BCUT2D eigenvalue weighted by atomic mass is 79.9. The van der Waals surface area contributed by atoms with E-state index in [1.54, 1.807) is 0 Å². The van der Waals surface area contributed by atoms with Gasteiger partial charge < -0.3 is 10.3 Å². The van der Waals surface area contributed by atoms with E-state index in [4.69, 9.17) is 10.3 Å². The molecule has 0 unspecified atom stereocenters. The van der Waals surface area contributed by atoms with Gasteiger partial charge in [0.15, 0.2) is 5.71 Å². The lowest BCUT2D eigenvalue weighted by Crippen LogP contribution is -2.13. The lowest BCUT2D eigenvalue weighted by Gasteiger charge is -1.86. The molecule has 8 heavy (non-hydrogen) atoms. The number of carboxylic acids is 1. The molecule has 0 aliphatic rings. The van der Waals surface area contributed by atoms with Gasteiger partial charge in [-0.3, -0.25) is 0 Å². The molecular weight excluding hydrogens is 178 g/mol. The van der Waals surface area contributed by atoms with Crippen LogP contribution in [-0.2, 0) is 4.79 Å². The topological polar surface area (TPSA) is 69.9 Å². The van der Waals surface area contributed by atoms with Crippen LogP contribution in [0.15, 0.2) is 5.16 Å². The highest BCUT2D eigenvalue weighted by molar-refractivity contribution is 9.09. The van der Waals surface area contributed by atoms with Crippen molar-refractivity contribution in [2.24, 2.45) is 5.16 Å². The molecule has 0 spiro atoms. The van der Waals surface area contributed by atoms with Crippen LogP contribution in [0.4, 0.5) is 0 Å². The minimum Gasteiger partial charge on any atom is -0.477 e. The largest absolute Gasteiger partial charge is 0.477 e. The average Bonchev–Trinajstić information content (AvgIpc) is 1.69. The molecule has 2 N–H and O–H groups in total. The number of aliphatic carboxylic acids is 1. The van der Waals surface area contributed by atoms with Crippen molar-refractivity contribution < 1.29 is 15.1 Å². The van der Waals surface area contributed by atoms with E-state index in [-0.39, 0.29) is 11.0 Å². The Morgan fingerprint density at radius 2 is 2.25 bits per heavy atom. The van der Waals surface area contributed by atoms with Gasteiger partial charge in [-0.1, -0.05) is 21.1 Å². The van der Waals surface area contributed by atoms with Crippen LogP contribution >= 0.6 is 15.9 Å². The van der Waals surface area contributed by atoms with Crippen molar-refractivity contribution in [2.45, 2.75) is 0 Å². The quantitative estimate of drug-likeness (QED) is 0.279. The van der Waals surface area contributed by atoms with Gasteiger partial charge in [-0.25, -0.2) is 4.79 Å². The van der Waals surface area contributed by atoms with Gasteiger partial charge in [0.05, 0.1) is 5.33 Å². The van der Waals surface area contributed by atoms with Crippen LogP contribution in [0, 0.1) is 0 Å². The maximum Gasteiger partial charge on any atom is 0.354 e. The molecule has 0 aromatic rings. The second kappa shape index (κ2) is 3.43. The number of hydrogen-bond acceptors (Lipinski definition) is 3. The first-order valence-electron chi connectivity index (χ1n) is 1.72. The van der Waals surface area contributed by atoms with Crippen LogP contribution in [0.5, 0.6) is 0 Å². The predicted molar refractivity (Wildman–Crippen MR) is 30.7 cm³/mol. The summed E-state index contributed by atoms with van der Waals surface area (Å²) in [5.74, 6) is -1.22. The van der Waals surface area contributed by atoms with Gasteiger partial charge in [-0.15, -0.1) is 0 Å². The SMILES string of the molecule is O=C(O)C(CBr)=NO. The summed E-state index contributed by atoms with van der Waals surface area (Å²) in [4.78, 5) is 9.84. The summed E-state index contributed by atoms with van der Waals surface area (Å²) in [7, 11) is 0. The molecule has 0 atom stereocenters. The number of oxime groups is 1. The Labute approximate surface area is 53.9 Å². The van der Waals surface area contributed by atoms with Crippen LogP contribution < -0.4 is 0 Å². The maximum absolute atomic E-state index is 9.84. The van der Waals surface area contributed by atoms with Crippen molar-refractivity contribution in [3.8, 4) is 0 Å². The van der Waals surface area contributed by atoms with E-state index in [0.717, 1.165) is 0 Å². The van der Waals surface area contributed by atoms with Gasteiger partial charge >= 0.3 is 5.97 Å². The Hall–Kier alpha value is -0.580. The van der Waals surface area contributed by atoms with Gasteiger partial charge in [-0.2, -0.15) is 0 Å².